The Morgan fingerprint density at radius 3 is 2.52 bits per heavy atom. The van der Waals surface area contributed by atoms with Gasteiger partial charge in [-0.05, 0) is 42.4 Å². The van der Waals surface area contributed by atoms with Crippen molar-refractivity contribution >= 4 is 52.2 Å². The fourth-order valence-corrected chi connectivity index (χ4v) is 2.26. The Morgan fingerprint density at radius 1 is 1.26 bits per heavy atom. The van der Waals surface area contributed by atoms with E-state index in [0.717, 1.165) is 5.69 Å². The quantitative estimate of drug-likeness (QED) is 0.537. The maximum absolute atomic E-state index is 11.6. The van der Waals surface area contributed by atoms with Crippen molar-refractivity contribution in [2.24, 2.45) is 5.92 Å². The highest BCUT2D eigenvalue weighted by Crippen LogP contribution is 2.14. The molecule has 0 fully saturated rings. The number of nitrogen functional groups attached to an aromatic ring is 1. The number of nitrogens with zero attached hydrogens (tertiary/aromatic N) is 2. The van der Waals surface area contributed by atoms with Crippen molar-refractivity contribution in [3.63, 3.8) is 0 Å². The Hall–Kier alpha value is -2.65. The molecule has 0 saturated carbocycles. The molecule has 1 aromatic heterocycles. The number of carbonyl (C=O) groups is 1. The van der Waals surface area contributed by atoms with Gasteiger partial charge in [-0.3, -0.25) is 5.32 Å². The standard InChI is InChI=1S/C17H21ClN6O2S/c1-10(2)9-26-17(25)23-12-5-3-11(4-6-12)22-16(27)21-7-13-15(19)20-8-14(18)24-13/h3-6,8,10H,7,9H2,1-2H3,(H2,19,20)(H,23,25)(H2,21,22,27). The van der Waals surface area contributed by atoms with Crippen LogP contribution in [0.1, 0.15) is 19.5 Å². The van der Waals surface area contributed by atoms with E-state index in [9.17, 15) is 4.79 Å². The summed E-state index contributed by atoms with van der Waals surface area (Å²) < 4.78 is 5.07. The Labute approximate surface area is 167 Å². The van der Waals surface area contributed by atoms with Crippen LogP contribution < -0.4 is 21.7 Å². The number of halogens is 1. The highest BCUT2D eigenvalue weighted by molar-refractivity contribution is 7.80. The second-order valence-electron chi connectivity index (χ2n) is 6.03. The fourth-order valence-electron chi connectivity index (χ4n) is 1.91. The zero-order valence-electron chi connectivity index (χ0n) is 15.0. The Kier molecular flexibility index (Phi) is 7.56. The van der Waals surface area contributed by atoms with Crippen molar-refractivity contribution in [3.8, 4) is 0 Å². The lowest BCUT2D eigenvalue weighted by atomic mass is 10.2. The van der Waals surface area contributed by atoms with E-state index in [1.807, 2.05) is 13.8 Å². The van der Waals surface area contributed by atoms with E-state index >= 15 is 0 Å². The van der Waals surface area contributed by atoms with Crippen molar-refractivity contribution in [1.82, 2.24) is 15.3 Å². The molecule has 5 N–H and O–H groups in total. The van der Waals surface area contributed by atoms with Crippen LogP contribution in [0.5, 0.6) is 0 Å². The van der Waals surface area contributed by atoms with Crippen LogP contribution in [0, 0.1) is 5.92 Å². The number of anilines is 3. The second-order valence-corrected chi connectivity index (χ2v) is 6.82. The Morgan fingerprint density at radius 2 is 1.89 bits per heavy atom. The molecule has 27 heavy (non-hydrogen) atoms. The van der Waals surface area contributed by atoms with E-state index in [1.54, 1.807) is 24.3 Å². The fraction of sp³-hybridized carbons (Fsp3) is 0.294. The van der Waals surface area contributed by atoms with Gasteiger partial charge < -0.3 is 21.1 Å². The van der Waals surface area contributed by atoms with Crippen molar-refractivity contribution in [1.29, 1.82) is 0 Å². The molecule has 1 heterocycles. The third-order valence-electron chi connectivity index (χ3n) is 3.20. The van der Waals surface area contributed by atoms with Gasteiger partial charge in [-0.15, -0.1) is 0 Å². The second kappa shape index (κ2) is 9.89. The summed E-state index contributed by atoms with van der Waals surface area (Å²) in [7, 11) is 0. The van der Waals surface area contributed by atoms with Gasteiger partial charge in [-0.2, -0.15) is 0 Å². The SMILES string of the molecule is CC(C)COC(=O)Nc1ccc(NC(=S)NCc2nc(Cl)cnc2N)cc1. The number of thiocarbonyl (C=S) groups is 1. The van der Waals surface area contributed by atoms with E-state index in [0.29, 0.717) is 23.1 Å². The van der Waals surface area contributed by atoms with Crippen LogP contribution in [0.4, 0.5) is 22.0 Å². The highest BCUT2D eigenvalue weighted by Gasteiger charge is 2.07. The normalized spacial score (nSPS) is 10.4. The molecular weight excluding hydrogens is 388 g/mol. The van der Waals surface area contributed by atoms with Gasteiger partial charge in [0.25, 0.3) is 0 Å². The molecule has 0 aliphatic carbocycles. The maximum Gasteiger partial charge on any atom is 0.411 e. The van der Waals surface area contributed by atoms with Crippen LogP contribution in [0.2, 0.25) is 5.15 Å². The Bertz CT molecular complexity index is 801. The number of amides is 1. The molecule has 0 saturated heterocycles. The molecule has 0 aliphatic rings. The molecular formula is C17H21ClN6O2S. The predicted molar refractivity (Wildman–Crippen MR) is 111 cm³/mol. The average molecular weight is 409 g/mol. The molecule has 144 valence electrons. The van der Waals surface area contributed by atoms with Crippen molar-refractivity contribution < 1.29 is 9.53 Å². The van der Waals surface area contributed by atoms with Gasteiger partial charge in [0.1, 0.15) is 16.7 Å². The molecule has 1 amide bonds. The van der Waals surface area contributed by atoms with Gasteiger partial charge in [-0.1, -0.05) is 25.4 Å². The number of aromatic nitrogens is 2. The number of nitrogens with one attached hydrogen (secondary N) is 3. The van der Waals surface area contributed by atoms with E-state index in [-0.39, 0.29) is 23.4 Å². The number of hydrogen-bond acceptors (Lipinski definition) is 6. The van der Waals surface area contributed by atoms with Crippen LogP contribution in [0.3, 0.4) is 0 Å². The van der Waals surface area contributed by atoms with Gasteiger partial charge in [0, 0.05) is 11.4 Å². The summed E-state index contributed by atoms with van der Waals surface area (Å²) in [6.07, 6.45) is 0.896. The topological polar surface area (TPSA) is 114 Å². The van der Waals surface area contributed by atoms with E-state index in [4.69, 9.17) is 34.3 Å². The van der Waals surface area contributed by atoms with Crippen molar-refractivity contribution in [2.45, 2.75) is 20.4 Å². The van der Waals surface area contributed by atoms with Crippen LogP contribution in [0.15, 0.2) is 30.5 Å². The van der Waals surface area contributed by atoms with E-state index in [2.05, 4.69) is 25.9 Å². The summed E-state index contributed by atoms with van der Waals surface area (Å²) in [4.78, 5) is 19.7. The smallest absolute Gasteiger partial charge is 0.411 e. The van der Waals surface area contributed by atoms with Gasteiger partial charge in [-0.25, -0.2) is 14.8 Å². The summed E-state index contributed by atoms with van der Waals surface area (Å²) in [6.45, 7) is 4.59. The number of rotatable bonds is 6. The molecule has 0 radical (unpaired) electrons. The van der Waals surface area contributed by atoms with Gasteiger partial charge in [0.15, 0.2) is 5.11 Å². The van der Waals surface area contributed by atoms with Gasteiger partial charge >= 0.3 is 6.09 Å². The first-order valence-corrected chi connectivity index (χ1v) is 8.97. The number of carbonyl (C=O) groups excluding carboxylic acids is 1. The summed E-state index contributed by atoms with van der Waals surface area (Å²) in [5.41, 5.74) is 7.62. The zero-order valence-corrected chi connectivity index (χ0v) is 16.5. The van der Waals surface area contributed by atoms with Crippen molar-refractivity contribution in [2.75, 3.05) is 23.0 Å². The maximum atomic E-state index is 11.6. The predicted octanol–water partition coefficient (Wildman–Crippen LogP) is 3.40. The largest absolute Gasteiger partial charge is 0.449 e. The summed E-state index contributed by atoms with van der Waals surface area (Å²) in [5, 5.41) is 9.30. The molecule has 0 bridgehead atoms. The monoisotopic (exact) mass is 408 g/mol. The third-order valence-corrected chi connectivity index (χ3v) is 3.63. The molecule has 2 aromatic rings. The molecule has 0 unspecified atom stereocenters. The van der Waals surface area contributed by atoms with Crippen molar-refractivity contribution in [3.05, 3.63) is 41.3 Å². The molecule has 10 heteroatoms. The molecule has 1 aromatic carbocycles. The molecule has 2 rings (SSSR count). The van der Waals surface area contributed by atoms with Crippen LogP contribution in [0.25, 0.3) is 0 Å². The summed E-state index contributed by atoms with van der Waals surface area (Å²) in [6, 6.07) is 7.03. The minimum atomic E-state index is -0.484. The lowest BCUT2D eigenvalue weighted by Gasteiger charge is -2.12. The highest BCUT2D eigenvalue weighted by atomic mass is 35.5. The lowest BCUT2D eigenvalue weighted by molar-refractivity contribution is 0.147. The minimum absolute atomic E-state index is 0.259. The lowest BCUT2D eigenvalue weighted by Crippen LogP contribution is -2.28. The van der Waals surface area contributed by atoms with Crippen LogP contribution >= 0.6 is 23.8 Å². The number of hydrogen-bond donors (Lipinski definition) is 4. The zero-order chi connectivity index (χ0) is 19.8. The molecule has 0 spiro atoms. The van der Waals surface area contributed by atoms with E-state index < -0.39 is 6.09 Å². The van der Waals surface area contributed by atoms with E-state index in [1.165, 1.54) is 6.20 Å². The first-order valence-electron chi connectivity index (χ1n) is 8.19. The number of benzene rings is 1. The summed E-state index contributed by atoms with van der Waals surface area (Å²) in [5.74, 6) is 0.568. The minimum Gasteiger partial charge on any atom is -0.449 e. The summed E-state index contributed by atoms with van der Waals surface area (Å²) >= 11 is 11.0. The third kappa shape index (κ3) is 7.24. The first kappa shape index (κ1) is 20.7. The van der Waals surface area contributed by atoms with Crippen LogP contribution in [-0.2, 0) is 11.3 Å². The van der Waals surface area contributed by atoms with Crippen LogP contribution in [-0.4, -0.2) is 27.8 Å². The van der Waals surface area contributed by atoms with Gasteiger partial charge in [0.2, 0.25) is 0 Å². The number of nitrogens with two attached hydrogens (primary N) is 1. The number of ether oxygens (including phenoxy) is 1. The van der Waals surface area contributed by atoms with Gasteiger partial charge in [0.05, 0.1) is 19.3 Å². The molecule has 8 nitrogen and oxygen atoms in total. The Balaban J connectivity index is 1.82. The molecule has 0 atom stereocenters. The first-order chi connectivity index (χ1) is 12.8. The molecule has 0 aliphatic heterocycles. The average Bonchev–Trinajstić information content (AvgIpc) is 2.62.